The highest BCUT2D eigenvalue weighted by molar-refractivity contribution is 6.31. The summed E-state index contributed by atoms with van der Waals surface area (Å²) in [6, 6.07) is 4.67. The molecule has 0 bridgehead atoms. The molecule has 1 saturated carbocycles. The number of nitrogens with one attached hydrogen (secondary N) is 2. The van der Waals surface area contributed by atoms with Crippen LogP contribution in [-0.4, -0.2) is 56.8 Å². The molecule has 1 aliphatic heterocycles. The number of hydrogen-bond acceptors (Lipinski definition) is 3. The molecule has 1 aromatic rings. The molecule has 1 aromatic carbocycles. The van der Waals surface area contributed by atoms with E-state index in [9.17, 15) is 4.39 Å². The Morgan fingerprint density at radius 3 is 2.88 bits per heavy atom. The lowest BCUT2D eigenvalue weighted by atomic mass is 10.0. The highest BCUT2D eigenvalue weighted by Crippen LogP contribution is 2.31. The van der Waals surface area contributed by atoms with Crippen LogP contribution in [0.5, 0.6) is 0 Å². The van der Waals surface area contributed by atoms with E-state index in [0.717, 1.165) is 31.5 Å². The van der Waals surface area contributed by atoms with Crippen molar-refractivity contribution in [3.63, 3.8) is 0 Å². The number of halogens is 2. The number of rotatable bonds is 6. The van der Waals surface area contributed by atoms with Gasteiger partial charge in [0.1, 0.15) is 5.82 Å². The van der Waals surface area contributed by atoms with Gasteiger partial charge < -0.3 is 15.4 Å². The molecule has 1 aliphatic carbocycles. The highest BCUT2D eigenvalue weighted by Gasteiger charge is 2.29. The van der Waals surface area contributed by atoms with Gasteiger partial charge in [-0.2, -0.15) is 0 Å². The minimum absolute atomic E-state index is 0.115. The van der Waals surface area contributed by atoms with Gasteiger partial charge >= 0.3 is 0 Å². The van der Waals surface area contributed by atoms with Crippen LogP contribution in [0.15, 0.2) is 23.2 Å². The summed E-state index contributed by atoms with van der Waals surface area (Å²) in [5, 5.41) is 7.15. The molecule has 2 fully saturated rings. The summed E-state index contributed by atoms with van der Waals surface area (Å²) >= 11 is 6.37. The zero-order valence-corrected chi connectivity index (χ0v) is 16.2. The molecule has 1 heterocycles. The first-order valence-electron chi connectivity index (χ1n) is 9.32. The summed E-state index contributed by atoms with van der Waals surface area (Å²) in [6.07, 6.45) is 2.68. The molecule has 2 unspecified atom stereocenters. The van der Waals surface area contributed by atoms with Gasteiger partial charge in [0.2, 0.25) is 0 Å². The number of benzene rings is 1. The Morgan fingerprint density at radius 2 is 2.23 bits per heavy atom. The third-order valence-electron chi connectivity index (χ3n) is 4.99. The van der Waals surface area contributed by atoms with Crippen LogP contribution in [0, 0.1) is 11.7 Å². The second kappa shape index (κ2) is 9.02. The van der Waals surface area contributed by atoms with E-state index in [1.54, 1.807) is 19.2 Å². The van der Waals surface area contributed by atoms with Crippen molar-refractivity contribution in [2.24, 2.45) is 10.9 Å². The minimum atomic E-state index is -0.274. The SMILES string of the molecule is CN=C(NCC1CC1)NCC(c1c(F)cccc1Cl)N1CCOC(C)C1. The van der Waals surface area contributed by atoms with E-state index in [1.165, 1.54) is 18.9 Å². The predicted octanol–water partition coefficient (Wildman–Crippen LogP) is 2.82. The Bertz CT molecular complexity index is 618. The first-order chi connectivity index (χ1) is 12.6. The van der Waals surface area contributed by atoms with Crippen LogP contribution in [0.3, 0.4) is 0 Å². The molecule has 0 amide bonds. The fourth-order valence-electron chi connectivity index (χ4n) is 3.35. The van der Waals surface area contributed by atoms with E-state index in [1.807, 2.05) is 6.92 Å². The molecule has 2 atom stereocenters. The Morgan fingerprint density at radius 1 is 1.42 bits per heavy atom. The second-order valence-electron chi connectivity index (χ2n) is 7.10. The Labute approximate surface area is 160 Å². The van der Waals surface area contributed by atoms with Gasteiger partial charge in [-0.15, -0.1) is 0 Å². The molecular formula is C19H28ClFN4O. The van der Waals surface area contributed by atoms with Crippen molar-refractivity contribution >= 4 is 17.6 Å². The highest BCUT2D eigenvalue weighted by atomic mass is 35.5. The van der Waals surface area contributed by atoms with Gasteiger partial charge in [-0.1, -0.05) is 17.7 Å². The lowest BCUT2D eigenvalue weighted by Gasteiger charge is -2.38. The first kappa shape index (κ1) is 19.4. The van der Waals surface area contributed by atoms with Crippen molar-refractivity contribution in [1.29, 1.82) is 0 Å². The number of aliphatic imine (C=N–C) groups is 1. The van der Waals surface area contributed by atoms with Crippen molar-refractivity contribution in [3.05, 3.63) is 34.6 Å². The standard InChI is InChI=1S/C19H28ClFN4O/c1-13-12-25(8-9-26-13)17(18-15(20)4-3-5-16(18)21)11-24-19(22-2)23-10-14-6-7-14/h3-5,13-14,17H,6-12H2,1-2H3,(H2,22,23,24). The van der Waals surface area contributed by atoms with E-state index in [4.69, 9.17) is 16.3 Å². The molecule has 2 N–H and O–H groups in total. The van der Waals surface area contributed by atoms with Gasteiger partial charge in [-0.05, 0) is 37.8 Å². The van der Waals surface area contributed by atoms with Crippen LogP contribution in [0.25, 0.3) is 0 Å². The van der Waals surface area contributed by atoms with Gasteiger partial charge in [0, 0.05) is 43.8 Å². The van der Waals surface area contributed by atoms with E-state index in [2.05, 4.69) is 20.5 Å². The zero-order valence-electron chi connectivity index (χ0n) is 15.5. The van der Waals surface area contributed by atoms with Crippen LogP contribution in [0.1, 0.15) is 31.4 Å². The maximum absolute atomic E-state index is 14.6. The number of guanidine groups is 1. The average Bonchev–Trinajstić information content (AvgIpc) is 3.44. The molecule has 0 aromatic heterocycles. The van der Waals surface area contributed by atoms with Crippen LogP contribution >= 0.6 is 11.6 Å². The fraction of sp³-hybridized carbons (Fsp3) is 0.632. The van der Waals surface area contributed by atoms with Crippen molar-refractivity contribution in [2.75, 3.05) is 39.8 Å². The summed E-state index contributed by atoms with van der Waals surface area (Å²) in [5.41, 5.74) is 0.536. The van der Waals surface area contributed by atoms with E-state index >= 15 is 0 Å². The van der Waals surface area contributed by atoms with Gasteiger partial charge in [0.05, 0.1) is 18.8 Å². The van der Waals surface area contributed by atoms with Crippen LogP contribution in [0.2, 0.25) is 5.02 Å². The summed E-state index contributed by atoms with van der Waals surface area (Å²) < 4.78 is 20.3. The third kappa shape index (κ3) is 5.09. The second-order valence-corrected chi connectivity index (χ2v) is 7.51. The first-order valence-corrected chi connectivity index (χ1v) is 9.70. The van der Waals surface area contributed by atoms with Gasteiger partial charge in [0.15, 0.2) is 5.96 Å². The zero-order chi connectivity index (χ0) is 18.5. The monoisotopic (exact) mass is 382 g/mol. The van der Waals surface area contributed by atoms with Crippen molar-refractivity contribution in [1.82, 2.24) is 15.5 Å². The molecule has 7 heteroatoms. The number of nitrogens with zero attached hydrogens (tertiary/aromatic N) is 2. The summed E-state index contributed by atoms with van der Waals surface area (Å²) in [7, 11) is 1.75. The summed E-state index contributed by atoms with van der Waals surface area (Å²) in [6.45, 7) is 5.62. The fourth-order valence-corrected chi connectivity index (χ4v) is 3.64. The summed E-state index contributed by atoms with van der Waals surface area (Å²) in [5.74, 6) is 1.23. The molecule has 2 aliphatic rings. The Kier molecular flexibility index (Phi) is 6.73. The molecule has 0 spiro atoms. The summed E-state index contributed by atoms with van der Waals surface area (Å²) in [4.78, 5) is 6.52. The Balaban J connectivity index is 1.73. The minimum Gasteiger partial charge on any atom is -0.376 e. The normalized spacial score (nSPS) is 22.9. The lowest BCUT2D eigenvalue weighted by molar-refractivity contribution is -0.0343. The van der Waals surface area contributed by atoms with Gasteiger partial charge in [0.25, 0.3) is 0 Å². The van der Waals surface area contributed by atoms with E-state index in [0.29, 0.717) is 23.7 Å². The van der Waals surface area contributed by atoms with Crippen molar-refractivity contribution < 1.29 is 9.13 Å². The molecule has 3 rings (SSSR count). The maximum Gasteiger partial charge on any atom is 0.191 e. The van der Waals surface area contributed by atoms with Crippen LogP contribution in [0.4, 0.5) is 4.39 Å². The third-order valence-corrected chi connectivity index (χ3v) is 5.32. The molecule has 144 valence electrons. The smallest absolute Gasteiger partial charge is 0.191 e. The quantitative estimate of drug-likeness (QED) is 0.586. The molecule has 26 heavy (non-hydrogen) atoms. The van der Waals surface area contributed by atoms with Crippen LogP contribution in [-0.2, 0) is 4.74 Å². The van der Waals surface area contributed by atoms with Crippen LogP contribution < -0.4 is 10.6 Å². The van der Waals surface area contributed by atoms with Crippen molar-refractivity contribution in [3.8, 4) is 0 Å². The number of morpholine rings is 1. The molecule has 5 nitrogen and oxygen atoms in total. The molecular weight excluding hydrogens is 355 g/mol. The van der Waals surface area contributed by atoms with Gasteiger partial charge in [-0.3, -0.25) is 9.89 Å². The topological polar surface area (TPSA) is 48.9 Å². The maximum atomic E-state index is 14.6. The largest absolute Gasteiger partial charge is 0.376 e. The molecule has 0 radical (unpaired) electrons. The Hall–Kier alpha value is -1.37. The van der Waals surface area contributed by atoms with Crippen molar-refractivity contribution in [2.45, 2.75) is 31.9 Å². The molecule has 1 saturated heterocycles. The number of hydrogen-bond donors (Lipinski definition) is 2. The lowest BCUT2D eigenvalue weighted by Crippen LogP contribution is -2.48. The predicted molar refractivity (Wildman–Crippen MR) is 103 cm³/mol. The van der Waals surface area contributed by atoms with E-state index in [-0.39, 0.29) is 18.0 Å². The van der Waals surface area contributed by atoms with E-state index < -0.39 is 0 Å². The average molecular weight is 383 g/mol. The van der Waals surface area contributed by atoms with Gasteiger partial charge in [-0.25, -0.2) is 4.39 Å². The number of ether oxygens (including phenoxy) is 1.